The molecule has 0 unspecified atom stereocenters. The predicted molar refractivity (Wildman–Crippen MR) is 132 cm³/mol. The molecule has 5 nitrogen and oxygen atoms in total. The fourth-order valence-corrected chi connectivity index (χ4v) is 5.41. The molecule has 0 aliphatic carbocycles. The van der Waals surface area contributed by atoms with Crippen LogP contribution in [0.4, 0.5) is 5.69 Å². The molecule has 1 aromatic heterocycles. The number of hydrogen-bond donors (Lipinski definition) is 1. The average molecular weight is 442 g/mol. The van der Waals surface area contributed by atoms with Crippen molar-refractivity contribution in [3.8, 4) is 12.3 Å². The number of nitrogens with zero attached hydrogens (tertiary/aromatic N) is 2. The highest BCUT2D eigenvalue weighted by Crippen LogP contribution is 2.42. The van der Waals surface area contributed by atoms with E-state index in [2.05, 4.69) is 71.3 Å². The SMILES string of the molecule is C#CC(=O)N1[C@@H](CCCC)Cc2c([nH]c3ccccc23)[C@@H]1c1ccc(N2CCOCC2)cc1. The Hall–Kier alpha value is -3.23. The van der Waals surface area contributed by atoms with E-state index >= 15 is 0 Å². The molecule has 5 rings (SSSR count). The van der Waals surface area contributed by atoms with Crippen molar-refractivity contribution >= 4 is 22.5 Å². The molecule has 170 valence electrons. The van der Waals surface area contributed by atoms with Gasteiger partial charge in [0.25, 0.3) is 5.91 Å². The number of aromatic amines is 1. The van der Waals surface area contributed by atoms with Gasteiger partial charge < -0.3 is 19.5 Å². The molecule has 3 aromatic rings. The Morgan fingerprint density at radius 1 is 1.15 bits per heavy atom. The van der Waals surface area contributed by atoms with Crippen LogP contribution in [0.3, 0.4) is 0 Å². The maximum atomic E-state index is 13.1. The highest BCUT2D eigenvalue weighted by atomic mass is 16.5. The smallest absolute Gasteiger partial charge is 0.299 e. The second kappa shape index (κ2) is 9.33. The van der Waals surface area contributed by atoms with Crippen LogP contribution in [0.5, 0.6) is 0 Å². The number of terminal acetylenes is 1. The predicted octanol–water partition coefficient (Wildman–Crippen LogP) is 4.67. The summed E-state index contributed by atoms with van der Waals surface area (Å²) in [5.41, 5.74) is 5.79. The van der Waals surface area contributed by atoms with E-state index in [4.69, 9.17) is 11.2 Å². The highest BCUT2D eigenvalue weighted by molar-refractivity contribution is 5.95. The minimum Gasteiger partial charge on any atom is -0.378 e. The molecule has 2 aliphatic rings. The number of hydrogen-bond acceptors (Lipinski definition) is 3. The van der Waals surface area contributed by atoms with E-state index in [0.717, 1.165) is 68.8 Å². The second-order valence-electron chi connectivity index (χ2n) is 9.01. The number of ether oxygens (including phenoxy) is 1. The summed E-state index contributed by atoms with van der Waals surface area (Å²) in [5, 5.41) is 1.25. The lowest BCUT2D eigenvalue weighted by Gasteiger charge is -2.41. The maximum Gasteiger partial charge on any atom is 0.299 e. The summed E-state index contributed by atoms with van der Waals surface area (Å²) in [6.07, 6.45) is 9.62. The zero-order valence-electron chi connectivity index (χ0n) is 19.2. The molecule has 1 fully saturated rings. The van der Waals surface area contributed by atoms with E-state index < -0.39 is 0 Å². The van der Waals surface area contributed by atoms with E-state index in [0.29, 0.717) is 0 Å². The van der Waals surface area contributed by atoms with Gasteiger partial charge in [0, 0.05) is 41.4 Å². The standard InChI is InChI=1S/C28H31N3O2/c1-3-5-8-22-19-24-23-9-6-7-10-25(23)29-27(24)28(31(22)26(32)4-2)20-11-13-21(14-12-20)30-15-17-33-18-16-30/h2,6-7,9-14,22,28-29H,3,5,8,15-19H2,1H3/t22-,28-/m0/s1. The molecular formula is C28H31N3O2. The Morgan fingerprint density at radius 3 is 2.64 bits per heavy atom. The van der Waals surface area contributed by atoms with Crippen LogP contribution in [0.1, 0.15) is 49.0 Å². The molecule has 0 spiro atoms. The Kier molecular flexibility index (Phi) is 6.11. The molecule has 2 atom stereocenters. The van der Waals surface area contributed by atoms with E-state index in [1.54, 1.807) is 0 Å². The van der Waals surface area contributed by atoms with Gasteiger partial charge in [-0.25, -0.2) is 0 Å². The van der Waals surface area contributed by atoms with Crippen molar-refractivity contribution in [2.24, 2.45) is 0 Å². The number of fused-ring (bicyclic) bond motifs is 3. The van der Waals surface area contributed by atoms with Crippen molar-refractivity contribution in [2.75, 3.05) is 31.2 Å². The highest BCUT2D eigenvalue weighted by Gasteiger charge is 2.39. The number of anilines is 1. The van der Waals surface area contributed by atoms with Gasteiger partial charge in [-0.05, 0) is 48.1 Å². The van der Waals surface area contributed by atoms with Crippen molar-refractivity contribution in [3.05, 3.63) is 65.4 Å². The molecule has 2 aliphatic heterocycles. The Bertz CT molecular complexity index is 1170. The van der Waals surface area contributed by atoms with Crippen LogP contribution in [-0.2, 0) is 16.0 Å². The number of morpholine rings is 1. The minimum absolute atomic E-state index is 0.0872. The third kappa shape index (κ3) is 4.00. The van der Waals surface area contributed by atoms with Crippen molar-refractivity contribution in [1.29, 1.82) is 0 Å². The monoisotopic (exact) mass is 441 g/mol. The van der Waals surface area contributed by atoms with Gasteiger partial charge in [0.15, 0.2) is 0 Å². The van der Waals surface area contributed by atoms with E-state index in [-0.39, 0.29) is 18.0 Å². The van der Waals surface area contributed by atoms with Gasteiger partial charge >= 0.3 is 0 Å². The fourth-order valence-electron chi connectivity index (χ4n) is 5.41. The molecule has 0 bridgehead atoms. The Morgan fingerprint density at radius 2 is 1.91 bits per heavy atom. The number of carbonyl (C=O) groups excluding carboxylic acids is 1. The summed E-state index contributed by atoms with van der Waals surface area (Å²) in [5.74, 6) is 2.19. The van der Waals surface area contributed by atoms with Crippen LogP contribution < -0.4 is 4.90 Å². The van der Waals surface area contributed by atoms with Gasteiger partial charge in [-0.15, -0.1) is 6.42 Å². The van der Waals surface area contributed by atoms with Crippen LogP contribution in [0.2, 0.25) is 0 Å². The number of amides is 1. The molecule has 3 heterocycles. The summed E-state index contributed by atoms with van der Waals surface area (Å²) in [6.45, 7) is 5.50. The molecule has 5 heteroatoms. The van der Waals surface area contributed by atoms with Crippen molar-refractivity contribution in [3.63, 3.8) is 0 Å². The summed E-state index contributed by atoms with van der Waals surface area (Å²) in [4.78, 5) is 21.1. The molecule has 33 heavy (non-hydrogen) atoms. The summed E-state index contributed by atoms with van der Waals surface area (Å²) in [7, 11) is 0. The van der Waals surface area contributed by atoms with Crippen LogP contribution in [0.25, 0.3) is 10.9 Å². The lowest BCUT2D eigenvalue weighted by molar-refractivity contribution is -0.130. The van der Waals surface area contributed by atoms with Gasteiger partial charge in [-0.3, -0.25) is 4.79 Å². The first kappa shape index (κ1) is 21.6. The Balaban J connectivity index is 1.60. The zero-order valence-corrected chi connectivity index (χ0v) is 19.2. The average Bonchev–Trinajstić information content (AvgIpc) is 3.25. The molecule has 1 N–H and O–H groups in total. The number of unbranched alkanes of at least 4 members (excludes halogenated alkanes) is 1. The second-order valence-corrected chi connectivity index (χ2v) is 9.01. The van der Waals surface area contributed by atoms with Gasteiger partial charge in [-0.1, -0.05) is 50.1 Å². The van der Waals surface area contributed by atoms with E-state index in [1.807, 2.05) is 4.90 Å². The number of nitrogens with one attached hydrogen (secondary N) is 1. The minimum atomic E-state index is -0.234. The quantitative estimate of drug-likeness (QED) is 0.586. The molecule has 0 radical (unpaired) electrons. The zero-order chi connectivity index (χ0) is 22.8. The molecule has 2 aromatic carbocycles. The van der Waals surface area contributed by atoms with Crippen LogP contribution in [0.15, 0.2) is 48.5 Å². The number of benzene rings is 2. The molecular weight excluding hydrogens is 410 g/mol. The summed E-state index contributed by atoms with van der Waals surface area (Å²) in [6, 6.07) is 16.9. The fraction of sp³-hybridized carbons (Fsp3) is 0.393. The topological polar surface area (TPSA) is 48.6 Å². The van der Waals surface area contributed by atoms with Crippen LogP contribution >= 0.6 is 0 Å². The Labute approximate surface area is 195 Å². The first-order valence-electron chi connectivity index (χ1n) is 12.0. The van der Waals surface area contributed by atoms with Crippen LogP contribution in [0, 0.1) is 12.3 Å². The number of aromatic nitrogens is 1. The van der Waals surface area contributed by atoms with Crippen molar-refractivity contribution in [2.45, 2.75) is 44.7 Å². The van der Waals surface area contributed by atoms with E-state index in [9.17, 15) is 4.79 Å². The van der Waals surface area contributed by atoms with Crippen molar-refractivity contribution < 1.29 is 9.53 Å². The molecule has 1 amide bonds. The van der Waals surface area contributed by atoms with Gasteiger partial charge in [0.05, 0.1) is 19.3 Å². The molecule has 1 saturated heterocycles. The lowest BCUT2D eigenvalue weighted by Crippen LogP contribution is -2.47. The third-order valence-corrected chi connectivity index (χ3v) is 7.07. The van der Waals surface area contributed by atoms with Gasteiger partial charge in [0.2, 0.25) is 0 Å². The largest absolute Gasteiger partial charge is 0.378 e. The van der Waals surface area contributed by atoms with E-state index in [1.165, 1.54) is 16.6 Å². The first-order chi connectivity index (χ1) is 16.2. The number of carbonyl (C=O) groups is 1. The maximum absolute atomic E-state index is 13.1. The first-order valence-corrected chi connectivity index (χ1v) is 12.0. The third-order valence-electron chi connectivity index (χ3n) is 7.07. The van der Waals surface area contributed by atoms with Crippen molar-refractivity contribution in [1.82, 2.24) is 9.88 Å². The number of para-hydroxylation sites is 1. The number of rotatable bonds is 5. The van der Waals surface area contributed by atoms with Gasteiger partial charge in [0.1, 0.15) is 0 Å². The normalized spacial score (nSPS) is 20.5. The summed E-state index contributed by atoms with van der Waals surface area (Å²) < 4.78 is 5.50. The number of H-pyrrole nitrogens is 1. The van der Waals surface area contributed by atoms with Crippen LogP contribution in [-0.4, -0.2) is 48.1 Å². The molecule has 0 saturated carbocycles. The van der Waals surface area contributed by atoms with Gasteiger partial charge in [-0.2, -0.15) is 0 Å². The summed E-state index contributed by atoms with van der Waals surface area (Å²) >= 11 is 0. The lowest BCUT2D eigenvalue weighted by atomic mass is 9.86.